The summed E-state index contributed by atoms with van der Waals surface area (Å²) in [6.07, 6.45) is 0.132. The third kappa shape index (κ3) is 3.81. The Balaban J connectivity index is 2.19. The fourth-order valence-corrected chi connectivity index (χ4v) is 3.55. The van der Waals surface area contributed by atoms with Gasteiger partial charge in [-0.15, -0.1) is 11.3 Å². The molecule has 1 heterocycles. The minimum absolute atomic E-state index is 0.0585. The van der Waals surface area contributed by atoms with Crippen LogP contribution in [0.3, 0.4) is 0 Å². The largest absolute Gasteiger partial charge is 0.489 e. The van der Waals surface area contributed by atoms with Gasteiger partial charge in [0.1, 0.15) is 5.75 Å². The summed E-state index contributed by atoms with van der Waals surface area (Å²) in [5.74, 6) is 0.840. The molecule has 0 aliphatic rings. The van der Waals surface area contributed by atoms with Crippen LogP contribution < -0.4 is 10.1 Å². The van der Waals surface area contributed by atoms with Crippen molar-refractivity contribution < 1.29 is 4.74 Å². The van der Waals surface area contributed by atoms with Gasteiger partial charge in [-0.3, -0.25) is 0 Å². The zero-order valence-electron chi connectivity index (χ0n) is 11.6. The lowest BCUT2D eigenvalue weighted by atomic mass is 10.1. The van der Waals surface area contributed by atoms with E-state index in [4.69, 9.17) is 27.9 Å². The van der Waals surface area contributed by atoms with E-state index >= 15 is 0 Å². The lowest BCUT2D eigenvalue weighted by Gasteiger charge is -2.19. The maximum absolute atomic E-state index is 6.19. The average Bonchev–Trinajstić information content (AvgIpc) is 2.70. The van der Waals surface area contributed by atoms with Crippen LogP contribution in [0.15, 0.2) is 30.3 Å². The van der Waals surface area contributed by atoms with Crippen molar-refractivity contribution >= 4 is 40.2 Å². The molecule has 0 spiro atoms. The molecule has 108 valence electrons. The summed E-state index contributed by atoms with van der Waals surface area (Å²) in [7, 11) is 0. The number of nitrogens with one attached hydrogen (secondary N) is 1. The van der Waals surface area contributed by atoms with E-state index in [-0.39, 0.29) is 12.1 Å². The van der Waals surface area contributed by atoms with Gasteiger partial charge in [0.25, 0.3) is 0 Å². The topological polar surface area (TPSA) is 21.3 Å². The van der Waals surface area contributed by atoms with Crippen molar-refractivity contribution in [3.8, 4) is 5.75 Å². The predicted molar refractivity (Wildman–Crippen MR) is 88.6 cm³/mol. The molecule has 0 aliphatic carbocycles. The second-order valence-corrected chi connectivity index (χ2v) is 7.09. The van der Waals surface area contributed by atoms with Crippen LogP contribution in [0.5, 0.6) is 5.75 Å². The van der Waals surface area contributed by atoms with Crippen molar-refractivity contribution in [1.29, 1.82) is 0 Å². The van der Waals surface area contributed by atoms with Crippen LogP contribution >= 0.6 is 34.5 Å². The maximum Gasteiger partial charge on any atom is 0.142 e. The Hall–Kier alpha value is -0.900. The van der Waals surface area contributed by atoms with Crippen LogP contribution in [0.25, 0.3) is 0 Å². The molecule has 0 radical (unpaired) electrons. The summed E-state index contributed by atoms with van der Waals surface area (Å²) in [6.45, 7) is 6.07. The van der Waals surface area contributed by atoms with E-state index in [2.05, 4.69) is 12.2 Å². The monoisotopic (exact) mass is 329 g/mol. The lowest BCUT2D eigenvalue weighted by molar-refractivity contribution is 0.243. The fourth-order valence-electron chi connectivity index (χ4n) is 1.90. The van der Waals surface area contributed by atoms with Crippen molar-refractivity contribution in [2.24, 2.45) is 0 Å². The minimum Gasteiger partial charge on any atom is -0.489 e. The third-order valence-electron chi connectivity index (χ3n) is 2.77. The van der Waals surface area contributed by atoms with Crippen molar-refractivity contribution in [3.63, 3.8) is 0 Å². The molecule has 1 N–H and O–H groups in total. The van der Waals surface area contributed by atoms with Crippen molar-refractivity contribution in [2.45, 2.75) is 32.9 Å². The molecule has 5 heteroatoms. The van der Waals surface area contributed by atoms with Gasteiger partial charge in [-0.25, -0.2) is 0 Å². The van der Waals surface area contributed by atoms with E-state index in [9.17, 15) is 0 Å². The number of ether oxygens (including phenoxy) is 1. The van der Waals surface area contributed by atoms with Gasteiger partial charge in [0.05, 0.1) is 26.5 Å². The second-order valence-electron chi connectivity index (χ2n) is 4.81. The molecule has 2 aromatic rings. The molecule has 0 aliphatic heterocycles. The van der Waals surface area contributed by atoms with E-state index in [0.717, 1.165) is 21.3 Å². The number of hydrogen-bond donors (Lipinski definition) is 1. The smallest absolute Gasteiger partial charge is 0.142 e. The van der Waals surface area contributed by atoms with Crippen LogP contribution in [-0.4, -0.2) is 6.10 Å². The Morgan fingerprint density at radius 2 is 1.85 bits per heavy atom. The number of rotatable bonds is 5. The highest BCUT2D eigenvalue weighted by Gasteiger charge is 2.15. The summed E-state index contributed by atoms with van der Waals surface area (Å²) >= 11 is 13.6. The first-order chi connectivity index (χ1) is 9.47. The molecular formula is C15H17Cl2NOS. The molecule has 0 amide bonds. The van der Waals surface area contributed by atoms with Crippen LogP contribution in [-0.2, 0) is 0 Å². The van der Waals surface area contributed by atoms with Gasteiger partial charge in [0.2, 0.25) is 0 Å². The van der Waals surface area contributed by atoms with Gasteiger partial charge in [0.15, 0.2) is 0 Å². The van der Waals surface area contributed by atoms with Gasteiger partial charge in [-0.2, -0.15) is 0 Å². The highest BCUT2D eigenvalue weighted by Crippen LogP contribution is 2.37. The molecule has 2 rings (SSSR count). The number of hydrogen-bond acceptors (Lipinski definition) is 3. The quantitative estimate of drug-likeness (QED) is 0.724. The molecule has 1 atom stereocenters. The van der Waals surface area contributed by atoms with Crippen LogP contribution in [0.2, 0.25) is 8.67 Å². The standard InChI is InChI=1S/C15H17Cl2NOS/c1-9(2)19-13-7-5-4-6-12(13)18-10(3)11-8-14(16)20-15(11)17/h4-10,18H,1-3H3. The molecule has 20 heavy (non-hydrogen) atoms. The van der Waals surface area contributed by atoms with E-state index in [1.807, 2.05) is 44.2 Å². The number of benzene rings is 1. The number of para-hydroxylation sites is 2. The van der Waals surface area contributed by atoms with Crippen molar-refractivity contribution in [2.75, 3.05) is 5.32 Å². The van der Waals surface area contributed by atoms with Gasteiger partial charge >= 0.3 is 0 Å². The van der Waals surface area contributed by atoms with Crippen LogP contribution in [0.1, 0.15) is 32.4 Å². The first-order valence-corrected chi connectivity index (χ1v) is 8.01. The van der Waals surface area contributed by atoms with E-state index in [1.54, 1.807) is 0 Å². The van der Waals surface area contributed by atoms with Crippen molar-refractivity contribution in [1.82, 2.24) is 0 Å². The molecule has 1 aromatic carbocycles. The molecule has 0 saturated carbocycles. The van der Waals surface area contributed by atoms with Gasteiger partial charge < -0.3 is 10.1 Å². The molecule has 0 saturated heterocycles. The molecule has 1 unspecified atom stereocenters. The van der Waals surface area contributed by atoms with Crippen LogP contribution in [0, 0.1) is 0 Å². The highest BCUT2D eigenvalue weighted by molar-refractivity contribution is 7.20. The normalized spacial score (nSPS) is 12.5. The summed E-state index contributed by atoms with van der Waals surface area (Å²) in [6, 6.07) is 9.85. The summed E-state index contributed by atoms with van der Waals surface area (Å²) in [5.41, 5.74) is 1.95. The molecule has 2 nitrogen and oxygen atoms in total. The zero-order valence-corrected chi connectivity index (χ0v) is 13.9. The van der Waals surface area contributed by atoms with Crippen LogP contribution in [0.4, 0.5) is 5.69 Å². The first kappa shape index (κ1) is 15.5. The number of anilines is 1. The summed E-state index contributed by atoms with van der Waals surface area (Å²) in [5, 5.41) is 3.42. The molecule has 1 aromatic heterocycles. The molecule has 0 bridgehead atoms. The summed E-state index contributed by atoms with van der Waals surface area (Å²) in [4.78, 5) is 0. The average molecular weight is 330 g/mol. The fraction of sp³-hybridized carbons (Fsp3) is 0.333. The Bertz CT molecular complexity index is 583. The van der Waals surface area contributed by atoms with E-state index in [1.165, 1.54) is 11.3 Å². The summed E-state index contributed by atoms with van der Waals surface area (Å²) < 4.78 is 7.22. The Morgan fingerprint density at radius 1 is 1.15 bits per heavy atom. The Kier molecular flexibility index (Phi) is 5.19. The molecule has 0 fully saturated rings. The maximum atomic E-state index is 6.19. The van der Waals surface area contributed by atoms with E-state index < -0.39 is 0 Å². The highest BCUT2D eigenvalue weighted by atomic mass is 35.5. The Labute approximate surface area is 133 Å². The predicted octanol–water partition coefficient (Wildman–Crippen LogP) is 6.02. The number of thiophene rings is 1. The van der Waals surface area contributed by atoms with Gasteiger partial charge in [-0.1, -0.05) is 35.3 Å². The second kappa shape index (κ2) is 6.70. The zero-order chi connectivity index (χ0) is 14.7. The lowest BCUT2D eigenvalue weighted by Crippen LogP contribution is -2.11. The Morgan fingerprint density at radius 3 is 2.45 bits per heavy atom. The minimum atomic E-state index is 0.0585. The third-order valence-corrected chi connectivity index (χ3v) is 4.29. The van der Waals surface area contributed by atoms with E-state index in [0.29, 0.717) is 4.34 Å². The molecular weight excluding hydrogens is 313 g/mol. The van der Waals surface area contributed by atoms with Crippen molar-refractivity contribution in [3.05, 3.63) is 44.6 Å². The first-order valence-electron chi connectivity index (χ1n) is 6.44. The van der Waals surface area contributed by atoms with Gasteiger partial charge in [-0.05, 0) is 39.0 Å². The number of halogens is 2. The SMILES string of the molecule is CC(C)Oc1ccccc1NC(C)c1cc(Cl)sc1Cl. The van der Waals surface area contributed by atoms with Gasteiger partial charge in [0, 0.05) is 5.56 Å².